The second-order valence-corrected chi connectivity index (χ2v) is 5.32. The number of thioether (sulfide) groups is 1. The van der Waals surface area contributed by atoms with Crippen LogP contribution in [0.1, 0.15) is 20.8 Å². The number of aliphatic imine (C=N–C) groups is 1. The molecule has 0 saturated carbocycles. The highest BCUT2D eigenvalue weighted by molar-refractivity contribution is 8.14. The van der Waals surface area contributed by atoms with E-state index in [1.807, 2.05) is 0 Å². The van der Waals surface area contributed by atoms with E-state index in [1.54, 1.807) is 18.9 Å². The highest BCUT2D eigenvalue weighted by Gasteiger charge is 2.19. The highest BCUT2D eigenvalue weighted by Crippen LogP contribution is 2.19. The quantitative estimate of drug-likeness (QED) is 0.753. The Balaban J connectivity index is 2.27. The van der Waals surface area contributed by atoms with Crippen LogP contribution in [0.15, 0.2) is 4.99 Å². The Morgan fingerprint density at radius 3 is 2.85 bits per heavy atom. The van der Waals surface area contributed by atoms with Crippen molar-refractivity contribution in [2.24, 2.45) is 4.99 Å². The fourth-order valence-electron chi connectivity index (χ4n) is 0.935. The van der Waals surface area contributed by atoms with E-state index in [4.69, 9.17) is 4.74 Å². The summed E-state index contributed by atoms with van der Waals surface area (Å²) in [5.41, 5.74) is -0.116. The van der Waals surface area contributed by atoms with Crippen LogP contribution in [0.25, 0.3) is 0 Å². The van der Waals surface area contributed by atoms with Gasteiger partial charge < -0.3 is 10.1 Å². The summed E-state index contributed by atoms with van der Waals surface area (Å²) in [4.78, 5) is 4.37. The number of hydrogen-bond donors (Lipinski definition) is 1. The minimum Gasteiger partial charge on any atom is -0.377 e. The van der Waals surface area contributed by atoms with Gasteiger partial charge in [0.25, 0.3) is 0 Å². The Bertz CT molecular complexity index is 204. The minimum atomic E-state index is -0.116. The number of rotatable bonds is 3. The molecular formula is C9H18N2OS. The Hall–Kier alpha value is -0.220. The molecule has 1 aliphatic heterocycles. The lowest BCUT2D eigenvalue weighted by atomic mass is 10.1. The van der Waals surface area contributed by atoms with Gasteiger partial charge in [0, 0.05) is 18.9 Å². The lowest BCUT2D eigenvalue weighted by molar-refractivity contribution is 0.0271. The van der Waals surface area contributed by atoms with Crippen molar-refractivity contribution in [1.29, 1.82) is 0 Å². The maximum atomic E-state index is 5.30. The fraction of sp³-hybridized carbons (Fsp3) is 0.889. The van der Waals surface area contributed by atoms with Crippen molar-refractivity contribution in [1.82, 2.24) is 5.32 Å². The molecule has 0 amide bonds. The van der Waals surface area contributed by atoms with Crippen LogP contribution in [0.5, 0.6) is 0 Å². The van der Waals surface area contributed by atoms with Crippen LogP contribution in [0.4, 0.5) is 0 Å². The smallest absolute Gasteiger partial charge is 0.157 e. The van der Waals surface area contributed by atoms with Crippen LogP contribution in [-0.4, -0.2) is 36.2 Å². The first kappa shape index (κ1) is 10.9. The van der Waals surface area contributed by atoms with Crippen molar-refractivity contribution < 1.29 is 4.74 Å². The van der Waals surface area contributed by atoms with Crippen LogP contribution >= 0.6 is 11.8 Å². The molecule has 0 aromatic heterocycles. The first-order chi connectivity index (χ1) is 6.03. The summed E-state index contributed by atoms with van der Waals surface area (Å²) in [7, 11) is 1.73. The van der Waals surface area contributed by atoms with Gasteiger partial charge in [-0.3, -0.25) is 4.99 Å². The summed E-state index contributed by atoms with van der Waals surface area (Å²) in [6, 6.07) is 0. The van der Waals surface area contributed by atoms with Gasteiger partial charge >= 0.3 is 0 Å². The van der Waals surface area contributed by atoms with E-state index in [2.05, 4.69) is 31.1 Å². The van der Waals surface area contributed by atoms with Gasteiger partial charge in [0.2, 0.25) is 0 Å². The number of ether oxygens (including phenoxy) is 1. The van der Waals surface area contributed by atoms with Crippen molar-refractivity contribution >= 4 is 16.9 Å². The van der Waals surface area contributed by atoms with Crippen LogP contribution in [0.2, 0.25) is 0 Å². The van der Waals surface area contributed by atoms with Crippen molar-refractivity contribution in [2.75, 3.05) is 20.2 Å². The second kappa shape index (κ2) is 4.33. The van der Waals surface area contributed by atoms with Gasteiger partial charge in [-0.2, -0.15) is 0 Å². The number of hydrogen-bond acceptors (Lipinski definition) is 4. The number of amidine groups is 1. The van der Waals surface area contributed by atoms with E-state index in [0.29, 0.717) is 5.25 Å². The molecule has 0 aromatic rings. The number of methoxy groups -OCH3 is 1. The van der Waals surface area contributed by atoms with Crippen molar-refractivity contribution in [3.05, 3.63) is 0 Å². The van der Waals surface area contributed by atoms with Gasteiger partial charge in [0.05, 0.1) is 12.1 Å². The van der Waals surface area contributed by atoms with Crippen LogP contribution in [-0.2, 0) is 4.74 Å². The average molecular weight is 202 g/mol. The van der Waals surface area contributed by atoms with Gasteiger partial charge in [-0.05, 0) is 13.8 Å². The van der Waals surface area contributed by atoms with E-state index in [-0.39, 0.29) is 5.60 Å². The average Bonchev–Trinajstić information content (AvgIpc) is 2.48. The van der Waals surface area contributed by atoms with Crippen LogP contribution < -0.4 is 5.32 Å². The highest BCUT2D eigenvalue weighted by atomic mass is 32.2. The van der Waals surface area contributed by atoms with Crippen molar-refractivity contribution in [2.45, 2.75) is 31.6 Å². The summed E-state index contributed by atoms with van der Waals surface area (Å²) in [5, 5.41) is 4.96. The molecule has 1 heterocycles. The molecule has 13 heavy (non-hydrogen) atoms. The van der Waals surface area contributed by atoms with Gasteiger partial charge in [-0.1, -0.05) is 18.7 Å². The van der Waals surface area contributed by atoms with Crippen molar-refractivity contribution in [3.8, 4) is 0 Å². The molecule has 0 bridgehead atoms. The third kappa shape index (κ3) is 3.56. The molecule has 0 aromatic carbocycles. The Kier molecular flexibility index (Phi) is 3.62. The molecule has 4 heteroatoms. The monoisotopic (exact) mass is 202 g/mol. The maximum Gasteiger partial charge on any atom is 0.157 e. The number of nitrogens with one attached hydrogen (secondary N) is 1. The Morgan fingerprint density at radius 2 is 2.38 bits per heavy atom. The van der Waals surface area contributed by atoms with Crippen LogP contribution in [0, 0.1) is 0 Å². The maximum absolute atomic E-state index is 5.30. The van der Waals surface area contributed by atoms with E-state index in [9.17, 15) is 0 Å². The van der Waals surface area contributed by atoms with Gasteiger partial charge in [0.15, 0.2) is 5.17 Å². The van der Waals surface area contributed by atoms with Gasteiger partial charge in [0.1, 0.15) is 0 Å². The van der Waals surface area contributed by atoms with E-state index in [1.165, 1.54) is 0 Å². The summed E-state index contributed by atoms with van der Waals surface area (Å²) in [6.45, 7) is 8.04. The molecule has 1 N–H and O–H groups in total. The summed E-state index contributed by atoms with van der Waals surface area (Å²) in [5.74, 6) is 0. The molecule has 0 saturated heterocycles. The van der Waals surface area contributed by atoms with E-state index < -0.39 is 0 Å². The molecule has 1 aliphatic rings. The first-order valence-electron chi connectivity index (χ1n) is 4.53. The molecule has 0 spiro atoms. The Labute approximate surface area is 84.3 Å². The summed E-state index contributed by atoms with van der Waals surface area (Å²) >= 11 is 1.80. The molecule has 1 atom stereocenters. The zero-order chi connectivity index (χ0) is 9.90. The molecule has 0 aliphatic carbocycles. The lowest BCUT2D eigenvalue weighted by Crippen LogP contribution is -2.38. The molecule has 1 rings (SSSR count). The molecule has 0 radical (unpaired) electrons. The molecular weight excluding hydrogens is 184 g/mol. The largest absolute Gasteiger partial charge is 0.377 e. The van der Waals surface area contributed by atoms with Gasteiger partial charge in [-0.15, -0.1) is 0 Å². The zero-order valence-electron chi connectivity index (χ0n) is 8.76. The number of nitrogens with zero attached hydrogens (tertiary/aromatic N) is 1. The zero-order valence-corrected chi connectivity index (χ0v) is 9.57. The van der Waals surface area contributed by atoms with Gasteiger partial charge in [-0.25, -0.2) is 0 Å². The lowest BCUT2D eigenvalue weighted by Gasteiger charge is -2.23. The SMILES string of the molecule is COC(C)(C)CNC1=NCC(C)S1. The second-order valence-electron chi connectivity index (χ2n) is 3.89. The predicted octanol–water partition coefficient (Wildman–Crippen LogP) is 1.49. The molecule has 0 fully saturated rings. The third-order valence-electron chi connectivity index (χ3n) is 2.02. The predicted molar refractivity (Wildman–Crippen MR) is 58.4 cm³/mol. The summed E-state index contributed by atoms with van der Waals surface area (Å²) < 4.78 is 5.30. The molecule has 1 unspecified atom stereocenters. The fourth-order valence-corrected chi connectivity index (χ4v) is 1.77. The normalized spacial score (nSPS) is 23.1. The standard InChI is InChI=1S/C9H18N2OS/c1-7-5-10-8(13-7)11-6-9(2,3)12-4/h7H,5-6H2,1-4H3,(H,10,11). The van der Waals surface area contributed by atoms with E-state index in [0.717, 1.165) is 18.3 Å². The molecule has 76 valence electrons. The summed E-state index contributed by atoms with van der Waals surface area (Å²) in [6.07, 6.45) is 0. The Morgan fingerprint density at radius 1 is 1.69 bits per heavy atom. The minimum absolute atomic E-state index is 0.116. The first-order valence-corrected chi connectivity index (χ1v) is 5.41. The van der Waals surface area contributed by atoms with E-state index >= 15 is 0 Å². The van der Waals surface area contributed by atoms with Crippen LogP contribution in [0.3, 0.4) is 0 Å². The third-order valence-corrected chi connectivity index (χ3v) is 3.07. The van der Waals surface area contributed by atoms with Crippen molar-refractivity contribution in [3.63, 3.8) is 0 Å². The molecule has 3 nitrogen and oxygen atoms in total. The topological polar surface area (TPSA) is 33.6 Å².